The summed E-state index contributed by atoms with van der Waals surface area (Å²) in [6.45, 7) is 7.86. The highest BCUT2D eigenvalue weighted by Gasteiger charge is 2.35. The van der Waals surface area contributed by atoms with E-state index >= 15 is 0 Å². The van der Waals surface area contributed by atoms with Crippen LogP contribution in [0.5, 0.6) is 11.5 Å². The number of carbonyl (C=O) groups excluding carboxylic acids is 1. The first-order valence-corrected chi connectivity index (χ1v) is 7.00. The summed E-state index contributed by atoms with van der Waals surface area (Å²) in [6.07, 6.45) is 0.755. The van der Waals surface area contributed by atoms with Crippen molar-refractivity contribution in [1.29, 1.82) is 0 Å². The van der Waals surface area contributed by atoms with Crippen LogP contribution in [-0.2, 0) is 4.79 Å². The quantitative estimate of drug-likeness (QED) is 0.923. The first-order valence-electron chi connectivity index (χ1n) is 7.00. The first kappa shape index (κ1) is 14.7. The van der Waals surface area contributed by atoms with Gasteiger partial charge in [-0.05, 0) is 26.0 Å². The fraction of sp³-hybridized carbons (Fsp3) is 0.562. The Labute approximate surface area is 120 Å². The molecule has 0 bridgehead atoms. The van der Waals surface area contributed by atoms with Crippen molar-refractivity contribution in [1.82, 2.24) is 5.32 Å². The molecule has 0 unspecified atom stereocenters. The lowest BCUT2D eigenvalue weighted by Crippen LogP contribution is -2.42. The smallest absolute Gasteiger partial charge is 0.223 e. The van der Waals surface area contributed by atoms with Crippen molar-refractivity contribution in [2.45, 2.75) is 45.8 Å². The molecule has 4 heteroatoms. The van der Waals surface area contributed by atoms with Crippen molar-refractivity contribution < 1.29 is 14.3 Å². The first-order chi connectivity index (χ1) is 9.32. The lowest BCUT2D eigenvalue weighted by Gasteiger charge is -2.38. The Morgan fingerprint density at radius 1 is 1.45 bits per heavy atom. The fourth-order valence-electron chi connectivity index (χ4n) is 2.43. The minimum Gasteiger partial charge on any atom is -0.497 e. The Kier molecular flexibility index (Phi) is 3.93. The second-order valence-electron chi connectivity index (χ2n) is 6.19. The molecule has 1 aromatic rings. The molecule has 4 nitrogen and oxygen atoms in total. The van der Waals surface area contributed by atoms with E-state index in [1.54, 1.807) is 7.11 Å². The number of ether oxygens (including phenoxy) is 2. The maximum Gasteiger partial charge on any atom is 0.223 e. The average Bonchev–Trinajstić information content (AvgIpc) is 2.36. The third-order valence-corrected chi connectivity index (χ3v) is 3.52. The summed E-state index contributed by atoms with van der Waals surface area (Å²) in [6, 6.07) is 5.73. The monoisotopic (exact) mass is 277 g/mol. The molecule has 0 saturated carbocycles. The zero-order chi connectivity index (χ0) is 14.9. The van der Waals surface area contributed by atoms with Crippen molar-refractivity contribution in [3.63, 3.8) is 0 Å². The van der Waals surface area contributed by atoms with Crippen LogP contribution in [0, 0.1) is 5.92 Å². The highest BCUT2D eigenvalue weighted by molar-refractivity contribution is 5.78. The molecule has 1 heterocycles. The molecular formula is C16H23NO3. The van der Waals surface area contributed by atoms with Crippen molar-refractivity contribution in [2.75, 3.05) is 7.11 Å². The van der Waals surface area contributed by atoms with E-state index in [0.29, 0.717) is 0 Å². The molecule has 0 fully saturated rings. The van der Waals surface area contributed by atoms with Gasteiger partial charge in [0.2, 0.25) is 5.91 Å². The molecule has 0 saturated heterocycles. The molecule has 0 aromatic heterocycles. The predicted molar refractivity (Wildman–Crippen MR) is 78.0 cm³/mol. The number of hydrogen-bond acceptors (Lipinski definition) is 3. The number of carbonyl (C=O) groups is 1. The minimum atomic E-state index is -0.311. The van der Waals surface area contributed by atoms with Gasteiger partial charge in [-0.1, -0.05) is 13.8 Å². The maximum absolute atomic E-state index is 12.0. The van der Waals surface area contributed by atoms with Gasteiger partial charge in [0.05, 0.1) is 13.2 Å². The summed E-state index contributed by atoms with van der Waals surface area (Å²) in [7, 11) is 1.63. The number of nitrogens with one attached hydrogen (secondary N) is 1. The van der Waals surface area contributed by atoms with Crippen LogP contribution in [0.4, 0.5) is 0 Å². The molecule has 2 rings (SSSR count). The van der Waals surface area contributed by atoms with Gasteiger partial charge in [-0.2, -0.15) is 0 Å². The van der Waals surface area contributed by atoms with Crippen LogP contribution in [-0.4, -0.2) is 18.6 Å². The van der Waals surface area contributed by atoms with E-state index in [4.69, 9.17) is 9.47 Å². The van der Waals surface area contributed by atoms with Crippen molar-refractivity contribution in [3.8, 4) is 11.5 Å². The standard InChI is InChI=1S/C16H23NO3/c1-10(2)15(18)17-13-9-16(3,4)20-14-8-11(19-5)6-7-12(13)14/h6-8,10,13H,9H2,1-5H3,(H,17,18)/t13-/m1/s1. The average molecular weight is 277 g/mol. The molecule has 1 amide bonds. The van der Waals surface area contributed by atoms with Gasteiger partial charge >= 0.3 is 0 Å². The number of methoxy groups -OCH3 is 1. The van der Waals surface area contributed by atoms with Crippen LogP contribution < -0.4 is 14.8 Å². The van der Waals surface area contributed by atoms with Crippen LogP contribution in [0.1, 0.15) is 45.7 Å². The van der Waals surface area contributed by atoms with Crippen LogP contribution in [0.15, 0.2) is 18.2 Å². The highest BCUT2D eigenvalue weighted by atomic mass is 16.5. The third-order valence-electron chi connectivity index (χ3n) is 3.52. The largest absolute Gasteiger partial charge is 0.497 e. The van der Waals surface area contributed by atoms with Gasteiger partial charge < -0.3 is 14.8 Å². The number of amides is 1. The van der Waals surface area contributed by atoms with Crippen LogP contribution in [0.2, 0.25) is 0 Å². The van der Waals surface area contributed by atoms with E-state index < -0.39 is 0 Å². The molecule has 0 aliphatic carbocycles. The molecule has 0 radical (unpaired) electrons. The number of rotatable bonds is 3. The Bertz CT molecular complexity index is 508. The molecule has 1 atom stereocenters. The van der Waals surface area contributed by atoms with Crippen molar-refractivity contribution in [3.05, 3.63) is 23.8 Å². The summed E-state index contributed by atoms with van der Waals surface area (Å²) >= 11 is 0. The molecule has 110 valence electrons. The summed E-state index contributed by atoms with van der Waals surface area (Å²) in [5.74, 6) is 1.59. The summed E-state index contributed by atoms with van der Waals surface area (Å²) in [5, 5.41) is 3.11. The van der Waals surface area contributed by atoms with Gasteiger partial charge in [0.1, 0.15) is 17.1 Å². The predicted octanol–water partition coefficient (Wildman–Crippen LogP) is 3.07. The summed E-state index contributed by atoms with van der Waals surface area (Å²) in [5.41, 5.74) is 0.702. The van der Waals surface area contributed by atoms with Crippen molar-refractivity contribution in [2.24, 2.45) is 5.92 Å². The normalized spacial score (nSPS) is 20.0. The van der Waals surface area contributed by atoms with Crippen LogP contribution >= 0.6 is 0 Å². The highest BCUT2D eigenvalue weighted by Crippen LogP contribution is 2.41. The molecule has 1 aliphatic heterocycles. The summed E-state index contributed by atoms with van der Waals surface area (Å²) < 4.78 is 11.2. The number of benzene rings is 1. The molecule has 1 aliphatic rings. The maximum atomic E-state index is 12.0. The molecule has 1 aromatic carbocycles. The van der Waals surface area contributed by atoms with Crippen molar-refractivity contribution >= 4 is 5.91 Å². The van der Waals surface area contributed by atoms with E-state index in [-0.39, 0.29) is 23.5 Å². The van der Waals surface area contributed by atoms with Gasteiger partial charge in [0, 0.05) is 24.0 Å². The second kappa shape index (κ2) is 5.35. The van der Waals surface area contributed by atoms with Crippen LogP contribution in [0.25, 0.3) is 0 Å². The number of hydrogen-bond donors (Lipinski definition) is 1. The minimum absolute atomic E-state index is 0.0189. The summed E-state index contributed by atoms with van der Waals surface area (Å²) in [4.78, 5) is 12.0. The lowest BCUT2D eigenvalue weighted by atomic mass is 9.89. The van der Waals surface area contributed by atoms with E-state index in [1.807, 2.05) is 45.9 Å². The van der Waals surface area contributed by atoms with E-state index in [0.717, 1.165) is 23.5 Å². The Morgan fingerprint density at radius 2 is 2.15 bits per heavy atom. The second-order valence-corrected chi connectivity index (χ2v) is 6.19. The van der Waals surface area contributed by atoms with E-state index in [9.17, 15) is 4.79 Å². The van der Waals surface area contributed by atoms with E-state index in [1.165, 1.54) is 0 Å². The third kappa shape index (κ3) is 3.06. The zero-order valence-corrected chi connectivity index (χ0v) is 12.8. The number of fused-ring (bicyclic) bond motifs is 1. The lowest BCUT2D eigenvalue weighted by molar-refractivity contribution is -0.125. The Balaban J connectivity index is 2.33. The Hall–Kier alpha value is -1.71. The topological polar surface area (TPSA) is 47.6 Å². The van der Waals surface area contributed by atoms with Gasteiger partial charge in [-0.15, -0.1) is 0 Å². The van der Waals surface area contributed by atoms with Gasteiger partial charge in [-0.25, -0.2) is 0 Å². The van der Waals surface area contributed by atoms with Gasteiger partial charge in [0.25, 0.3) is 0 Å². The Morgan fingerprint density at radius 3 is 2.75 bits per heavy atom. The fourth-order valence-corrected chi connectivity index (χ4v) is 2.43. The molecule has 1 N–H and O–H groups in total. The molecule has 0 spiro atoms. The van der Waals surface area contributed by atoms with Gasteiger partial charge in [0.15, 0.2) is 0 Å². The van der Waals surface area contributed by atoms with E-state index in [2.05, 4.69) is 5.32 Å². The zero-order valence-electron chi connectivity index (χ0n) is 12.8. The SMILES string of the molecule is COc1ccc2c(c1)OC(C)(C)C[C@H]2NC(=O)C(C)C. The van der Waals surface area contributed by atoms with Gasteiger partial charge in [-0.3, -0.25) is 4.79 Å². The molecular weight excluding hydrogens is 254 g/mol. The van der Waals surface area contributed by atoms with Crippen LogP contribution in [0.3, 0.4) is 0 Å². The molecule has 20 heavy (non-hydrogen) atoms.